The van der Waals surface area contributed by atoms with E-state index in [0.29, 0.717) is 17.3 Å². The lowest BCUT2D eigenvalue weighted by Gasteiger charge is -2.14. The Morgan fingerprint density at radius 3 is 2.38 bits per heavy atom. The zero-order chi connectivity index (χ0) is 18.6. The summed E-state index contributed by atoms with van der Waals surface area (Å²) in [4.78, 5) is 0.119. The highest BCUT2D eigenvalue weighted by molar-refractivity contribution is 7.87. The monoisotopic (exact) mass is 387 g/mol. The lowest BCUT2D eigenvalue weighted by Crippen LogP contribution is -2.12. The van der Waals surface area contributed by atoms with Crippen molar-refractivity contribution in [1.82, 2.24) is 0 Å². The zero-order valence-corrected chi connectivity index (χ0v) is 15.7. The summed E-state index contributed by atoms with van der Waals surface area (Å²) in [5.74, 6) is 0.295. The molecule has 0 saturated carbocycles. The van der Waals surface area contributed by atoms with Gasteiger partial charge in [0, 0.05) is 22.8 Å². The van der Waals surface area contributed by atoms with Gasteiger partial charge in [-0.2, -0.15) is 8.42 Å². The van der Waals surface area contributed by atoms with Gasteiger partial charge in [-0.3, -0.25) is 0 Å². The minimum atomic E-state index is -3.88. The van der Waals surface area contributed by atoms with E-state index >= 15 is 0 Å². The van der Waals surface area contributed by atoms with Gasteiger partial charge in [-0.25, -0.2) is 0 Å². The minimum absolute atomic E-state index is 0.119. The van der Waals surface area contributed by atoms with Crippen LogP contribution in [-0.4, -0.2) is 8.42 Å². The zero-order valence-electron chi connectivity index (χ0n) is 14.1. The molecule has 4 nitrogen and oxygen atoms in total. The minimum Gasteiger partial charge on any atom is -0.381 e. The highest BCUT2D eigenvalue weighted by Crippen LogP contribution is 2.26. The van der Waals surface area contributed by atoms with E-state index in [4.69, 9.17) is 15.8 Å². The fourth-order valence-corrected chi connectivity index (χ4v) is 3.63. The standard InChI is InChI=1S/C20H18ClNO3S/c1-15-18(21)11-7-12-19(15)22-14-16-8-5-6-13-20(16)25-26(23,24)17-9-3-2-4-10-17/h2-13,22H,14H2,1H3. The third-order valence-corrected chi connectivity index (χ3v) is 5.60. The van der Waals surface area contributed by atoms with Gasteiger partial charge in [0.2, 0.25) is 0 Å². The van der Waals surface area contributed by atoms with Gasteiger partial charge in [0.1, 0.15) is 10.6 Å². The lowest BCUT2D eigenvalue weighted by atomic mass is 10.1. The molecule has 0 atom stereocenters. The maximum absolute atomic E-state index is 12.5. The van der Waals surface area contributed by atoms with Crippen LogP contribution >= 0.6 is 11.6 Å². The molecule has 0 fully saturated rings. The van der Waals surface area contributed by atoms with Crippen molar-refractivity contribution in [2.24, 2.45) is 0 Å². The fraction of sp³-hybridized carbons (Fsp3) is 0.100. The molecule has 3 aromatic carbocycles. The van der Waals surface area contributed by atoms with Crippen molar-refractivity contribution >= 4 is 27.4 Å². The summed E-state index contributed by atoms with van der Waals surface area (Å²) in [5.41, 5.74) is 2.55. The summed E-state index contributed by atoms with van der Waals surface area (Å²) in [6.45, 7) is 2.33. The maximum Gasteiger partial charge on any atom is 0.339 e. The molecule has 0 aliphatic rings. The lowest BCUT2D eigenvalue weighted by molar-refractivity contribution is 0.483. The smallest absolute Gasteiger partial charge is 0.339 e. The average molecular weight is 388 g/mol. The molecule has 3 rings (SSSR count). The van der Waals surface area contributed by atoms with Crippen LogP contribution in [-0.2, 0) is 16.7 Å². The van der Waals surface area contributed by atoms with Gasteiger partial charge in [-0.1, -0.05) is 54.1 Å². The van der Waals surface area contributed by atoms with Crippen LogP contribution in [0, 0.1) is 6.92 Å². The van der Waals surface area contributed by atoms with Gasteiger partial charge in [-0.05, 0) is 42.8 Å². The summed E-state index contributed by atoms with van der Waals surface area (Å²) >= 11 is 6.14. The van der Waals surface area contributed by atoms with Crippen molar-refractivity contribution < 1.29 is 12.6 Å². The quantitative estimate of drug-likeness (QED) is 0.603. The van der Waals surface area contributed by atoms with Crippen molar-refractivity contribution in [3.05, 3.63) is 88.9 Å². The molecule has 0 aliphatic heterocycles. The molecule has 26 heavy (non-hydrogen) atoms. The number of rotatable bonds is 6. The molecule has 0 aliphatic carbocycles. The van der Waals surface area contributed by atoms with Crippen LogP contribution in [0.4, 0.5) is 5.69 Å². The Morgan fingerprint density at radius 1 is 0.923 bits per heavy atom. The highest BCUT2D eigenvalue weighted by Gasteiger charge is 2.18. The average Bonchev–Trinajstić information content (AvgIpc) is 2.64. The Morgan fingerprint density at radius 2 is 1.62 bits per heavy atom. The Hall–Kier alpha value is -2.50. The molecule has 6 heteroatoms. The predicted molar refractivity (Wildman–Crippen MR) is 104 cm³/mol. The molecular formula is C20H18ClNO3S. The molecule has 0 radical (unpaired) electrons. The molecule has 1 N–H and O–H groups in total. The first-order chi connectivity index (χ1) is 12.5. The van der Waals surface area contributed by atoms with Crippen molar-refractivity contribution in [3.8, 4) is 5.75 Å². The maximum atomic E-state index is 12.5. The second-order valence-corrected chi connectivity index (χ2v) is 7.68. The van der Waals surface area contributed by atoms with Crippen LogP contribution in [0.2, 0.25) is 5.02 Å². The van der Waals surface area contributed by atoms with Crippen molar-refractivity contribution in [2.75, 3.05) is 5.32 Å². The van der Waals surface area contributed by atoms with Crippen LogP contribution in [0.5, 0.6) is 5.75 Å². The summed E-state index contributed by atoms with van der Waals surface area (Å²) in [5, 5.41) is 3.95. The normalized spacial score (nSPS) is 11.2. The number of hydrogen-bond acceptors (Lipinski definition) is 4. The third-order valence-electron chi connectivity index (χ3n) is 3.94. The van der Waals surface area contributed by atoms with Crippen molar-refractivity contribution in [3.63, 3.8) is 0 Å². The topological polar surface area (TPSA) is 55.4 Å². The Balaban J connectivity index is 1.82. The van der Waals surface area contributed by atoms with E-state index in [-0.39, 0.29) is 4.90 Å². The highest BCUT2D eigenvalue weighted by atomic mass is 35.5. The first-order valence-electron chi connectivity index (χ1n) is 8.04. The van der Waals surface area contributed by atoms with E-state index in [1.807, 2.05) is 37.3 Å². The molecule has 0 saturated heterocycles. The molecule has 0 aromatic heterocycles. The van der Waals surface area contributed by atoms with Gasteiger partial charge in [-0.15, -0.1) is 0 Å². The van der Waals surface area contributed by atoms with Gasteiger partial charge in [0.05, 0.1) is 0 Å². The Labute approximate surface area is 158 Å². The number of hydrogen-bond donors (Lipinski definition) is 1. The molecule has 0 spiro atoms. The third kappa shape index (κ3) is 4.18. The SMILES string of the molecule is Cc1c(Cl)cccc1NCc1ccccc1OS(=O)(=O)c1ccccc1. The van der Waals surface area contributed by atoms with E-state index in [1.54, 1.807) is 30.3 Å². The molecule has 0 unspecified atom stereocenters. The first kappa shape index (κ1) is 18.3. The predicted octanol–water partition coefficient (Wildman–Crippen LogP) is 5.03. The van der Waals surface area contributed by atoms with Crippen LogP contribution in [0.3, 0.4) is 0 Å². The van der Waals surface area contributed by atoms with Gasteiger partial charge in [0.25, 0.3) is 0 Å². The fourth-order valence-electron chi connectivity index (χ4n) is 2.47. The van der Waals surface area contributed by atoms with E-state index in [1.165, 1.54) is 12.1 Å². The molecule has 0 bridgehead atoms. The molecule has 0 amide bonds. The van der Waals surface area contributed by atoms with Gasteiger partial charge >= 0.3 is 10.1 Å². The summed E-state index contributed by atoms with van der Waals surface area (Å²) in [7, 11) is -3.88. The van der Waals surface area contributed by atoms with Crippen LogP contribution in [0.25, 0.3) is 0 Å². The second-order valence-electron chi connectivity index (χ2n) is 5.72. The number of nitrogens with one attached hydrogen (secondary N) is 1. The van der Waals surface area contributed by atoms with E-state index in [0.717, 1.165) is 16.8 Å². The van der Waals surface area contributed by atoms with Crippen LogP contribution in [0.15, 0.2) is 77.7 Å². The second kappa shape index (κ2) is 7.81. The summed E-state index contributed by atoms with van der Waals surface area (Å²) in [6.07, 6.45) is 0. The molecule has 0 heterocycles. The number of para-hydroxylation sites is 1. The first-order valence-corrected chi connectivity index (χ1v) is 9.82. The largest absolute Gasteiger partial charge is 0.381 e. The summed E-state index contributed by atoms with van der Waals surface area (Å²) < 4.78 is 30.3. The van der Waals surface area contributed by atoms with Crippen LogP contribution in [0.1, 0.15) is 11.1 Å². The number of benzene rings is 3. The van der Waals surface area contributed by atoms with Gasteiger partial charge in [0.15, 0.2) is 0 Å². The van der Waals surface area contributed by atoms with E-state index in [9.17, 15) is 8.42 Å². The Bertz CT molecular complexity index is 1000. The number of anilines is 1. The Kier molecular flexibility index (Phi) is 5.49. The van der Waals surface area contributed by atoms with Crippen LogP contribution < -0.4 is 9.50 Å². The summed E-state index contributed by atoms with van der Waals surface area (Å²) in [6, 6.07) is 20.7. The van der Waals surface area contributed by atoms with E-state index in [2.05, 4.69) is 5.32 Å². The van der Waals surface area contributed by atoms with Crippen molar-refractivity contribution in [1.29, 1.82) is 0 Å². The number of halogens is 1. The molecule has 3 aromatic rings. The molecule has 134 valence electrons. The van der Waals surface area contributed by atoms with Gasteiger partial charge < -0.3 is 9.50 Å². The van der Waals surface area contributed by atoms with Crippen molar-refractivity contribution in [2.45, 2.75) is 18.4 Å². The van der Waals surface area contributed by atoms with E-state index < -0.39 is 10.1 Å². The molecular weight excluding hydrogens is 370 g/mol.